The molecule has 0 bridgehead atoms. The maximum Gasteiger partial charge on any atom is 0.252 e. The minimum absolute atomic E-state index is 0. The highest BCUT2D eigenvalue weighted by Gasteiger charge is 2.01. The number of nitrogens with one attached hydrogen (secondary N) is 3. The van der Waals surface area contributed by atoms with E-state index >= 15 is 0 Å². The molecule has 0 fully saturated rings. The van der Waals surface area contributed by atoms with E-state index in [-0.39, 0.29) is 30.4 Å². The van der Waals surface area contributed by atoms with Gasteiger partial charge in [0.05, 0.1) is 12.0 Å². The third-order valence-electron chi connectivity index (χ3n) is 2.58. The molecule has 3 N–H and O–H groups in total. The molecule has 2 rings (SSSR count). The molecule has 0 aromatic carbocycles. The van der Waals surface area contributed by atoms with E-state index < -0.39 is 0 Å². The number of hydrogen-bond acceptors (Lipinski definition) is 5. The highest BCUT2D eigenvalue weighted by atomic mass is 35.5. The predicted octanol–water partition coefficient (Wildman–Crippen LogP) is 2.30. The van der Waals surface area contributed by atoms with Gasteiger partial charge >= 0.3 is 0 Å². The first-order chi connectivity index (χ1) is 9.15. The van der Waals surface area contributed by atoms with E-state index in [1.165, 1.54) is 6.07 Å². The van der Waals surface area contributed by atoms with Crippen LogP contribution < -0.4 is 10.9 Å². The highest BCUT2D eigenvalue weighted by molar-refractivity contribution is 7.98. The lowest BCUT2D eigenvalue weighted by molar-refractivity contribution is 1.03. The molecule has 0 unspecified atom stereocenters. The van der Waals surface area contributed by atoms with Crippen molar-refractivity contribution in [2.45, 2.75) is 19.6 Å². The second-order valence-corrected chi connectivity index (χ2v) is 5.29. The number of H-pyrrole nitrogens is 2. The molecule has 0 spiro atoms. The van der Waals surface area contributed by atoms with Gasteiger partial charge in [0.15, 0.2) is 0 Å². The average Bonchev–Trinajstić information content (AvgIpc) is 2.73. The lowest BCUT2D eigenvalue weighted by atomic mass is 10.4. The maximum atomic E-state index is 11.2. The summed E-state index contributed by atoms with van der Waals surface area (Å²) >= 11 is 1.79. The second-order valence-electron chi connectivity index (χ2n) is 4.19. The number of anilines is 1. The van der Waals surface area contributed by atoms with Gasteiger partial charge in [-0.25, -0.2) is 9.97 Å². The molecule has 2 aromatic heterocycles. The van der Waals surface area contributed by atoms with Crippen molar-refractivity contribution in [3.63, 3.8) is 0 Å². The number of nitrogens with zero attached hydrogens (tertiary/aromatic N) is 2. The van der Waals surface area contributed by atoms with Gasteiger partial charge in [0.25, 0.3) is 5.56 Å². The van der Waals surface area contributed by atoms with Gasteiger partial charge < -0.3 is 10.3 Å². The summed E-state index contributed by atoms with van der Waals surface area (Å²) in [5.74, 6) is 2.33. The zero-order chi connectivity index (χ0) is 13.7. The van der Waals surface area contributed by atoms with Crippen molar-refractivity contribution in [3.05, 3.63) is 39.8 Å². The average molecular weight is 352 g/mol. The molecule has 0 radical (unpaired) electrons. The van der Waals surface area contributed by atoms with Crippen LogP contribution in [0.3, 0.4) is 0 Å². The van der Waals surface area contributed by atoms with E-state index in [0.29, 0.717) is 11.6 Å². The number of imidazole rings is 1. The first kappa shape index (κ1) is 19.8. The quantitative estimate of drug-likeness (QED) is 0.695. The third-order valence-corrected chi connectivity index (χ3v) is 3.55. The van der Waals surface area contributed by atoms with Gasteiger partial charge in [-0.1, -0.05) is 0 Å². The molecule has 0 aliphatic heterocycles. The fourth-order valence-corrected chi connectivity index (χ4v) is 2.48. The van der Waals surface area contributed by atoms with Crippen LogP contribution in [0, 0.1) is 13.8 Å². The van der Waals surface area contributed by atoms with Crippen LogP contribution in [-0.4, -0.2) is 32.2 Å². The number of aromatic amines is 2. The first-order valence-corrected chi connectivity index (χ1v) is 7.19. The Morgan fingerprint density at radius 3 is 2.71 bits per heavy atom. The van der Waals surface area contributed by atoms with Crippen LogP contribution >= 0.6 is 36.6 Å². The van der Waals surface area contributed by atoms with Gasteiger partial charge in [-0.3, -0.25) is 9.78 Å². The fourth-order valence-electron chi connectivity index (χ4n) is 1.61. The molecule has 2 heterocycles. The number of hydrogen-bond donors (Lipinski definition) is 3. The van der Waals surface area contributed by atoms with Crippen LogP contribution in [0.25, 0.3) is 0 Å². The van der Waals surface area contributed by atoms with Crippen molar-refractivity contribution in [2.75, 3.05) is 17.6 Å². The lowest BCUT2D eigenvalue weighted by Gasteiger charge is -2.05. The molecule has 6 nitrogen and oxygen atoms in total. The summed E-state index contributed by atoms with van der Waals surface area (Å²) in [5.41, 5.74) is 2.79. The van der Waals surface area contributed by atoms with Gasteiger partial charge in [0.1, 0.15) is 0 Å². The van der Waals surface area contributed by atoms with Crippen molar-refractivity contribution in [1.82, 2.24) is 19.9 Å². The molecule has 0 saturated carbocycles. The standard InChI is InChI=1S/C12H17N5OS.2ClH/c1-8-5-11(18)17-12(16-8)13-3-4-19-6-10-9(2)14-7-15-10;;/h5,7H,3-4,6H2,1-2H3,(H,14,15)(H2,13,16,17,18);2*1H. The molecular formula is C12H19Cl2N5OS. The fraction of sp³-hybridized carbons (Fsp3) is 0.417. The van der Waals surface area contributed by atoms with Gasteiger partial charge in [0.2, 0.25) is 5.95 Å². The summed E-state index contributed by atoms with van der Waals surface area (Å²) in [6.07, 6.45) is 1.71. The largest absolute Gasteiger partial charge is 0.355 e. The Labute approximate surface area is 139 Å². The summed E-state index contributed by atoms with van der Waals surface area (Å²) in [5, 5.41) is 3.11. The van der Waals surface area contributed by atoms with Crippen molar-refractivity contribution in [2.24, 2.45) is 0 Å². The van der Waals surface area contributed by atoms with Gasteiger partial charge in [0, 0.05) is 35.5 Å². The summed E-state index contributed by atoms with van der Waals surface area (Å²) in [4.78, 5) is 25.4. The summed E-state index contributed by atoms with van der Waals surface area (Å²) in [6, 6.07) is 1.47. The molecule has 118 valence electrons. The van der Waals surface area contributed by atoms with Crippen molar-refractivity contribution in [3.8, 4) is 0 Å². The Morgan fingerprint density at radius 1 is 1.33 bits per heavy atom. The van der Waals surface area contributed by atoms with E-state index in [1.807, 2.05) is 6.92 Å². The molecule has 0 saturated heterocycles. The van der Waals surface area contributed by atoms with E-state index in [0.717, 1.165) is 29.4 Å². The molecular weight excluding hydrogens is 333 g/mol. The third kappa shape index (κ3) is 6.41. The SMILES string of the molecule is Cc1cc(=O)[nH]c(NCCSCc2nc[nH]c2C)n1.Cl.Cl. The van der Waals surface area contributed by atoms with Crippen LogP contribution in [0.5, 0.6) is 0 Å². The van der Waals surface area contributed by atoms with Crippen LogP contribution in [-0.2, 0) is 5.75 Å². The van der Waals surface area contributed by atoms with Crippen LogP contribution in [0.4, 0.5) is 5.95 Å². The Bertz CT molecular complexity index is 601. The Balaban J connectivity index is 0.00000200. The summed E-state index contributed by atoms with van der Waals surface area (Å²) in [6.45, 7) is 4.57. The topological polar surface area (TPSA) is 86.5 Å². The van der Waals surface area contributed by atoms with E-state index in [2.05, 4.69) is 25.3 Å². The van der Waals surface area contributed by atoms with E-state index in [1.54, 1.807) is 25.0 Å². The molecule has 9 heteroatoms. The summed E-state index contributed by atoms with van der Waals surface area (Å²) < 4.78 is 0. The second kappa shape index (κ2) is 9.70. The zero-order valence-electron chi connectivity index (χ0n) is 11.8. The molecule has 2 aromatic rings. The van der Waals surface area contributed by atoms with Gasteiger partial charge in [-0.15, -0.1) is 24.8 Å². The molecule has 0 aliphatic rings. The number of aromatic nitrogens is 4. The van der Waals surface area contributed by atoms with E-state index in [4.69, 9.17) is 0 Å². The van der Waals surface area contributed by atoms with Crippen LogP contribution in [0.2, 0.25) is 0 Å². The lowest BCUT2D eigenvalue weighted by Crippen LogP contribution is -2.14. The maximum absolute atomic E-state index is 11.2. The molecule has 0 aliphatic carbocycles. The minimum atomic E-state index is -0.130. The number of thioether (sulfide) groups is 1. The van der Waals surface area contributed by atoms with E-state index in [9.17, 15) is 4.79 Å². The summed E-state index contributed by atoms with van der Waals surface area (Å²) in [7, 11) is 0. The van der Waals surface area contributed by atoms with Crippen molar-refractivity contribution < 1.29 is 0 Å². The highest BCUT2D eigenvalue weighted by Crippen LogP contribution is 2.12. The first-order valence-electron chi connectivity index (χ1n) is 6.03. The Morgan fingerprint density at radius 2 is 2.10 bits per heavy atom. The van der Waals surface area contributed by atoms with Crippen molar-refractivity contribution >= 4 is 42.5 Å². The Hall–Kier alpha value is -1.18. The molecule has 0 amide bonds. The smallest absolute Gasteiger partial charge is 0.252 e. The number of aryl methyl sites for hydroxylation is 2. The normalized spacial score (nSPS) is 9.62. The molecule has 0 atom stereocenters. The molecule has 21 heavy (non-hydrogen) atoms. The Kier molecular flexibility index (Phi) is 9.16. The predicted molar refractivity (Wildman–Crippen MR) is 92.1 cm³/mol. The number of rotatable bonds is 6. The number of halogens is 2. The minimum Gasteiger partial charge on any atom is -0.355 e. The van der Waals surface area contributed by atoms with Crippen LogP contribution in [0.1, 0.15) is 17.1 Å². The monoisotopic (exact) mass is 351 g/mol. The van der Waals surface area contributed by atoms with Crippen LogP contribution in [0.15, 0.2) is 17.2 Å². The van der Waals surface area contributed by atoms with Crippen molar-refractivity contribution in [1.29, 1.82) is 0 Å². The van der Waals surface area contributed by atoms with Gasteiger partial charge in [-0.2, -0.15) is 11.8 Å². The zero-order valence-corrected chi connectivity index (χ0v) is 14.3. The van der Waals surface area contributed by atoms with Gasteiger partial charge in [-0.05, 0) is 13.8 Å².